The quantitative estimate of drug-likeness (QED) is 0.883. The fourth-order valence-electron chi connectivity index (χ4n) is 2.95. The van der Waals surface area contributed by atoms with Crippen molar-refractivity contribution in [1.29, 1.82) is 0 Å². The van der Waals surface area contributed by atoms with Crippen LogP contribution in [0.4, 0.5) is 0 Å². The standard InChI is InChI=1S/C16H23NO2/c1-12(2)9-15-7-4-8-17(15)11-13-5-3-6-14(10-13)16(18)19/h3,5-6,10,12,15H,4,7-9,11H2,1-2H3,(H,18,19). The van der Waals surface area contributed by atoms with E-state index in [0.29, 0.717) is 11.6 Å². The van der Waals surface area contributed by atoms with Crippen LogP contribution in [0.1, 0.15) is 49.0 Å². The molecule has 0 amide bonds. The van der Waals surface area contributed by atoms with Gasteiger partial charge in [-0.1, -0.05) is 26.0 Å². The summed E-state index contributed by atoms with van der Waals surface area (Å²) in [6.07, 6.45) is 3.77. The Kier molecular flexibility index (Phi) is 4.59. The van der Waals surface area contributed by atoms with Crippen molar-refractivity contribution >= 4 is 5.97 Å². The van der Waals surface area contributed by atoms with Crippen LogP contribution in [0.25, 0.3) is 0 Å². The van der Waals surface area contributed by atoms with Gasteiger partial charge in [0.2, 0.25) is 0 Å². The van der Waals surface area contributed by atoms with Crippen LogP contribution < -0.4 is 0 Å². The van der Waals surface area contributed by atoms with E-state index >= 15 is 0 Å². The van der Waals surface area contributed by atoms with E-state index in [-0.39, 0.29) is 0 Å². The van der Waals surface area contributed by atoms with Crippen molar-refractivity contribution in [3.63, 3.8) is 0 Å². The third-order valence-electron chi connectivity index (χ3n) is 3.80. The Morgan fingerprint density at radius 2 is 2.26 bits per heavy atom. The molecule has 1 heterocycles. The summed E-state index contributed by atoms with van der Waals surface area (Å²) < 4.78 is 0. The number of likely N-dealkylation sites (tertiary alicyclic amines) is 1. The SMILES string of the molecule is CC(C)CC1CCCN1Cc1cccc(C(=O)O)c1. The molecular weight excluding hydrogens is 238 g/mol. The zero-order chi connectivity index (χ0) is 13.8. The molecule has 3 heteroatoms. The molecule has 19 heavy (non-hydrogen) atoms. The Morgan fingerprint density at radius 3 is 2.95 bits per heavy atom. The lowest BCUT2D eigenvalue weighted by Crippen LogP contribution is -2.30. The van der Waals surface area contributed by atoms with Gasteiger partial charge in [0.05, 0.1) is 5.56 Å². The minimum atomic E-state index is -0.845. The molecule has 1 unspecified atom stereocenters. The van der Waals surface area contributed by atoms with Gasteiger partial charge < -0.3 is 5.11 Å². The number of benzene rings is 1. The molecule has 0 radical (unpaired) electrons. The molecule has 0 aromatic heterocycles. The molecule has 0 saturated carbocycles. The van der Waals surface area contributed by atoms with Crippen LogP contribution in [-0.2, 0) is 6.54 Å². The lowest BCUT2D eigenvalue weighted by molar-refractivity contribution is 0.0696. The van der Waals surface area contributed by atoms with Crippen molar-refractivity contribution in [2.24, 2.45) is 5.92 Å². The van der Waals surface area contributed by atoms with Gasteiger partial charge in [0.1, 0.15) is 0 Å². The average Bonchev–Trinajstić information content (AvgIpc) is 2.76. The van der Waals surface area contributed by atoms with Crippen LogP contribution in [-0.4, -0.2) is 28.6 Å². The predicted octanol–water partition coefficient (Wildman–Crippen LogP) is 3.40. The summed E-state index contributed by atoms with van der Waals surface area (Å²) >= 11 is 0. The van der Waals surface area contributed by atoms with Crippen molar-refractivity contribution < 1.29 is 9.90 Å². The lowest BCUT2D eigenvalue weighted by atomic mass is 10.0. The molecule has 0 aliphatic carbocycles. The first-order chi connectivity index (χ1) is 9.06. The molecule has 1 aromatic rings. The number of nitrogens with zero attached hydrogens (tertiary/aromatic N) is 1. The van der Waals surface area contributed by atoms with E-state index < -0.39 is 5.97 Å². The highest BCUT2D eigenvalue weighted by Crippen LogP contribution is 2.25. The molecule has 3 nitrogen and oxygen atoms in total. The van der Waals surface area contributed by atoms with Crippen LogP contribution in [0.5, 0.6) is 0 Å². The maximum atomic E-state index is 11.0. The maximum absolute atomic E-state index is 11.0. The number of carboxylic acid groups (broad SMARTS) is 1. The molecule has 1 aliphatic heterocycles. The summed E-state index contributed by atoms with van der Waals surface area (Å²) in [6, 6.07) is 7.98. The minimum absolute atomic E-state index is 0.386. The molecule has 0 spiro atoms. The smallest absolute Gasteiger partial charge is 0.335 e. The van der Waals surface area contributed by atoms with E-state index in [1.54, 1.807) is 12.1 Å². The van der Waals surface area contributed by atoms with Gasteiger partial charge in [-0.2, -0.15) is 0 Å². The molecule has 1 atom stereocenters. The largest absolute Gasteiger partial charge is 0.478 e. The highest BCUT2D eigenvalue weighted by Gasteiger charge is 2.25. The van der Waals surface area contributed by atoms with Gasteiger partial charge >= 0.3 is 5.97 Å². The highest BCUT2D eigenvalue weighted by atomic mass is 16.4. The van der Waals surface area contributed by atoms with Crippen LogP contribution in [0.2, 0.25) is 0 Å². The summed E-state index contributed by atoms with van der Waals surface area (Å²) in [5.41, 5.74) is 1.49. The molecule has 1 fully saturated rings. The fraction of sp³-hybridized carbons (Fsp3) is 0.562. The van der Waals surface area contributed by atoms with Crippen LogP contribution in [0.15, 0.2) is 24.3 Å². The third kappa shape index (κ3) is 3.80. The van der Waals surface area contributed by atoms with E-state index in [0.717, 1.165) is 24.6 Å². The second-order valence-corrected chi connectivity index (χ2v) is 5.90. The van der Waals surface area contributed by atoms with Gasteiger partial charge in [-0.3, -0.25) is 4.90 Å². The lowest BCUT2D eigenvalue weighted by Gasteiger charge is -2.26. The number of hydrogen-bond acceptors (Lipinski definition) is 2. The molecule has 1 aliphatic rings. The van der Waals surface area contributed by atoms with Gasteiger partial charge in [-0.05, 0) is 49.4 Å². The van der Waals surface area contributed by atoms with Crippen molar-refractivity contribution in [3.05, 3.63) is 35.4 Å². The van der Waals surface area contributed by atoms with E-state index in [1.807, 2.05) is 12.1 Å². The summed E-state index contributed by atoms with van der Waals surface area (Å²) in [5, 5.41) is 9.03. The Labute approximate surface area is 115 Å². The maximum Gasteiger partial charge on any atom is 0.335 e. The van der Waals surface area contributed by atoms with E-state index in [9.17, 15) is 4.79 Å². The third-order valence-corrected chi connectivity index (χ3v) is 3.80. The normalized spacial score (nSPS) is 20.1. The van der Waals surface area contributed by atoms with E-state index in [4.69, 9.17) is 5.11 Å². The molecule has 0 bridgehead atoms. The molecule has 2 rings (SSSR count). The minimum Gasteiger partial charge on any atom is -0.478 e. The van der Waals surface area contributed by atoms with Crippen LogP contribution in [0.3, 0.4) is 0 Å². The van der Waals surface area contributed by atoms with Crippen LogP contribution in [0, 0.1) is 5.92 Å². The Hall–Kier alpha value is -1.35. The number of aromatic carboxylic acids is 1. The second-order valence-electron chi connectivity index (χ2n) is 5.90. The van der Waals surface area contributed by atoms with Gasteiger partial charge in [0.25, 0.3) is 0 Å². The second kappa shape index (κ2) is 6.20. The average molecular weight is 261 g/mol. The highest BCUT2D eigenvalue weighted by molar-refractivity contribution is 5.87. The fourth-order valence-corrected chi connectivity index (χ4v) is 2.95. The van der Waals surface area contributed by atoms with Gasteiger partial charge in [-0.25, -0.2) is 4.79 Å². The van der Waals surface area contributed by atoms with E-state index in [2.05, 4.69) is 18.7 Å². The first-order valence-electron chi connectivity index (χ1n) is 7.12. The molecular formula is C16H23NO2. The number of carboxylic acids is 1. The van der Waals surface area contributed by atoms with Crippen molar-refractivity contribution in [1.82, 2.24) is 4.90 Å². The van der Waals surface area contributed by atoms with Crippen molar-refractivity contribution in [2.45, 2.75) is 45.7 Å². The van der Waals surface area contributed by atoms with Crippen molar-refractivity contribution in [3.8, 4) is 0 Å². The van der Waals surface area contributed by atoms with E-state index in [1.165, 1.54) is 19.3 Å². The first-order valence-corrected chi connectivity index (χ1v) is 7.12. The summed E-state index contributed by atoms with van der Waals surface area (Å²) in [6.45, 7) is 6.54. The Bertz CT molecular complexity index is 442. The molecule has 1 aromatic carbocycles. The molecule has 104 valence electrons. The summed E-state index contributed by atoms with van der Waals surface area (Å²) in [7, 11) is 0. The Morgan fingerprint density at radius 1 is 1.47 bits per heavy atom. The monoisotopic (exact) mass is 261 g/mol. The Balaban J connectivity index is 2.03. The van der Waals surface area contributed by atoms with Gasteiger partial charge in [0, 0.05) is 12.6 Å². The number of rotatable bonds is 5. The van der Waals surface area contributed by atoms with Gasteiger partial charge in [0.15, 0.2) is 0 Å². The van der Waals surface area contributed by atoms with Crippen LogP contribution >= 0.6 is 0 Å². The summed E-state index contributed by atoms with van der Waals surface area (Å²) in [5.74, 6) is -0.127. The number of hydrogen-bond donors (Lipinski definition) is 1. The molecule has 1 saturated heterocycles. The molecule has 1 N–H and O–H groups in total. The zero-order valence-electron chi connectivity index (χ0n) is 11.8. The van der Waals surface area contributed by atoms with Crippen molar-refractivity contribution in [2.75, 3.05) is 6.54 Å². The topological polar surface area (TPSA) is 40.5 Å². The zero-order valence-corrected chi connectivity index (χ0v) is 11.8. The first kappa shape index (κ1) is 14.1. The number of carbonyl (C=O) groups is 1. The predicted molar refractivity (Wildman–Crippen MR) is 76.3 cm³/mol. The summed E-state index contributed by atoms with van der Waals surface area (Å²) in [4.78, 5) is 13.5. The van der Waals surface area contributed by atoms with Gasteiger partial charge in [-0.15, -0.1) is 0 Å².